The Balaban J connectivity index is 2.01. The molecular formula is C19H21N3O4. The molecule has 3 atom stereocenters. The first-order valence-corrected chi connectivity index (χ1v) is 8.33. The van der Waals surface area contributed by atoms with Crippen molar-refractivity contribution < 1.29 is 19.7 Å². The molecule has 0 bridgehead atoms. The number of nitrogen functional groups attached to an aromatic ring is 1. The van der Waals surface area contributed by atoms with Gasteiger partial charge in [0.15, 0.2) is 6.10 Å². The van der Waals surface area contributed by atoms with E-state index in [2.05, 4.69) is 5.32 Å². The third-order valence-electron chi connectivity index (χ3n) is 4.47. The van der Waals surface area contributed by atoms with E-state index in [1.54, 1.807) is 37.3 Å². The number of hydrogen-bond acceptors (Lipinski definition) is 5. The Hall–Kier alpha value is -2.90. The number of rotatable bonds is 6. The Morgan fingerprint density at radius 1 is 1.27 bits per heavy atom. The molecule has 3 unspecified atom stereocenters. The van der Waals surface area contributed by atoms with Gasteiger partial charge in [0.05, 0.1) is 6.04 Å². The minimum Gasteiger partial charge on any atom is -0.479 e. The van der Waals surface area contributed by atoms with Crippen LogP contribution in [0.5, 0.6) is 5.75 Å². The Labute approximate surface area is 150 Å². The van der Waals surface area contributed by atoms with Crippen molar-refractivity contribution in [3.05, 3.63) is 64.7 Å². The quantitative estimate of drug-likeness (QED) is 0.398. The lowest BCUT2D eigenvalue weighted by molar-refractivity contribution is -0.145. The van der Waals surface area contributed by atoms with Gasteiger partial charge in [0.2, 0.25) is 0 Å². The van der Waals surface area contributed by atoms with Gasteiger partial charge in [-0.05, 0) is 29.7 Å². The largest absolute Gasteiger partial charge is 0.479 e. The molecule has 0 saturated carbocycles. The van der Waals surface area contributed by atoms with Crippen LogP contribution in [-0.2, 0) is 4.79 Å². The van der Waals surface area contributed by atoms with Gasteiger partial charge in [-0.15, -0.1) is 0 Å². The third kappa shape index (κ3) is 3.26. The number of aliphatic hydroxyl groups excluding tert-OH is 1. The second-order valence-electron chi connectivity index (χ2n) is 6.15. The summed E-state index contributed by atoms with van der Waals surface area (Å²) in [5.74, 6) is -0.668. The second-order valence-corrected chi connectivity index (χ2v) is 6.15. The van der Waals surface area contributed by atoms with Crippen molar-refractivity contribution >= 4 is 11.8 Å². The number of hydrogen-bond donors (Lipinski definition) is 5. The predicted octanol–water partition coefficient (Wildman–Crippen LogP) is 1.90. The first-order valence-electron chi connectivity index (χ1n) is 8.33. The monoisotopic (exact) mass is 355 g/mol. The summed E-state index contributed by atoms with van der Waals surface area (Å²) in [6.07, 6.45) is -1.47. The van der Waals surface area contributed by atoms with Gasteiger partial charge in [-0.25, -0.2) is 4.79 Å². The maximum atomic E-state index is 11.2. The van der Waals surface area contributed by atoms with Crippen LogP contribution < -0.4 is 15.8 Å². The summed E-state index contributed by atoms with van der Waals surface area (Å²) < 4.78 is 5.57. The molecule has 2 aromatic rings. The van der Waals surface area contributed by atoms with Crippen LogP contribution in [0.15, 0.2) is 42.5 Å². The average molecular weight is 355 g/mol. The van der Waals surface area contributed by atoms with E-state index < -0.39 is 18.3 Å². The molecule has 1 aliphatic rings. The predicted molar refractivity (Wildman–Crippen MR) is 96.2 cm³/mol. The molecule has 7 heteroatoms. The van der Waals surface area contributed by atoms with E-state index >= 15 is 0 Å². The van der Waals surface area contributed by atoms with Gasteiger partial charge in [-0.1, -0.05) is 37.3 Å². The van der Waals surface area contributed by atoms with Gasteiger partial charge >= 0.3 is 5.97 Å². The van der Waals surface area contributed by atoms with E-state index in [0.717, 1.165) is 11.1 Å². The van der Waals surface area contributed by atoms with E-state index in [1.165, 1.54) is 0 Å². The Morgan fingerprint density at radius 3 is 2.65 bits per heavy atom. The Bertz CT molecular complexity index is 852. The van der Waals surface area contributed by atoms with E-state index in [-0.39, 0.29) is 11.9 Å². The lowest BCUT2D eigenvalue weighted by Crippen LogP contribution is -2.26. The van der Waals surface area contributed by atoms with Crippen LogP contribution in [0.2, 0.25) is 0 Å². The van der Waals surface area contributed by atoms with Gasteiger partial charge in [0, 0.05) is 11.1 Å². The number of aliphatic hydroxyl groups is 1. The maximum absolute atomic E-state index is 11.2. The highest BCUT2D eigenvalue weighted by Crippen LogP contribution is 2.39. The first-order chi connectivity index (χ1) is 12.4. The van der Waals surface area contributed by atoms with E-state index in [0.29, 0.717) is 23.3 Å². The number of amidine groups is 1. The number of nitrogens with two attached hydrogens (primary N) is 1. The maximum Gasteiger partial charge on any atom is 0.344 e. The van der Waals surface area contributed by atoms with Crippen LogP contribution >= 0.6 is 0 Å². The van der Waals surface area contributed by atoms with Crippen molar-refractivity contribution in [3.63, 3.8) is 0 Å². The first kappa shape index (κ1) is 17.9. The molecule has 0 aliphatic carbocycles. The van der Waals surface area contributed by atoms with Crippen LogP contribution in [0.1, 0.15) is 47.9 Å². The van der Waals surface area contributed by atoms with E-state index in [1.807, 2.05) is 12.1 Å². The molecule has 0 aromatic heterocycles. The molecule has 0 saturated heterocycles. The summed E-state index contributed by atoms with van der Waals surface area (Å²) in [5.41, 5.74) is 8.48. The molecule has 2 aromatic carbocycles. The number of ether oxygens (including phenoxy) is 1. The zero-order chi connectivity index (χ0) is 18.8. The number of carboxylic acid groups (broad SMARTS) is 1. The number of carboxylic acids is 1. The van der Waals surface area contributed by atoms with Crippen LogP contribution in [0.4, 0.5) is 0 Å². The molecule has 0 spiro atoms. The van der Waals surface area contributed by atoms with E-state index in [4.69, 9.17) is 15.9 Å². The standard InChI is InChI=1S/C19H21N3O4/c1-2-15(19(24)25)26-10-7-8-13-14(9-10)16(22-18(13)23)11-5-3-4-6-12(11)17(20)21/h3-9,15-16,18,22-23H,2H2,1H3,(H3,20,21)(H,24,25). The fourth-order valence-electron chi connectivity index (χ4n) is 3.19. The summed E-state index contributed by atoms with van der Waals surface area (Å²) in [6, 6.07) is 11.9. The summed E-state index contributed by atoms with van der Waals surface area (Å²) in [5, 5.41) is 30.4. The molecule has 0 radical (unpaired) electrons. The number of carbonyl (C=O) groups is 1. The fourth-order valence-corrected chi connectivity index (χ4v) is 3.19. The highest BCUT2D eigenvalue weighted by atomic mass is 16.5. The van der Waals surface area contributed by atoms with E-state index in [9.17, 15) is 15.0 Å². The summed E-state index contributed by atoms with van der Waals surface area (Å²) in [7, 11) is 0. The summed E-state index contributed by atoms with van der Waals surface area (Å²) in [4.78, 5) is 11.2. The minimum absolute atomic E-state index is 0.0605. The topological polar surface area (TPSA) is 129 Å². The molecule has 1 aliphatic heterocycles. The molecule has 1 heterocycles. The zero-order valence-electron chi connectivity index (χ0n) is 14.3. The second kappa shape index (κ2) is 7.15. The smallest absolute Gasteiger partial charge is 0.344 e. The molecule has 26 heavy (non-hydrogen) atoms. The van der Waals surface area contributed by atoms with Gasteiger partial charge in [-0.2, -0.15) is 0 Å². The fraction of sp³-hybridized carbons (Fsp3) is 0.263. The molecule has 7 nitrogen and oxygen atoms in total. The molecule has 6 N–H and O–H groups in total. The lowest BCUT2D eigenvalue weighted by atomic mass is 9.94. The van der Waals surface area contributed by atoms with Gasteiger partial charge in [0.25, 0.3) is 0 Å². The molecular weight excluding hydrogens is 334 g/mol. The third-order valence-corrected chi connectivity index (χ3v) is 4.47. The highest BCUT2D eigenvalue weighted by molar-refractivity contribution is 5.96. The highest BCUT2D eigenvalue weighted by Gasteiger charge is 2.32. The van der Waals surface area contributed by atoms with Crippen LogP contribution in [-0.4, -0.2) is 28.1 Å². The normalized spacial score (nSPS) is 19.6. The number of benzene rings is 2. The SMILES string of the molecule is CCC(Oc1ccc2c(c1)C(c1ccccc1C(=N)N)NC2O)C(=O)O. The average Bonchev–Trinajstić information content (AvgIpc) is 2.95. The zero-order valence-corrected chi connectivity index (χ0v) is 14.3. The lowest BCUT2D eigenvalue weighted by Gasteiger charge is -2.18. The number of nitrogens with one attached hydrogen (secondary N) is 2. The van der Waals surface area contributed by atoms with Crippen molar-refractivity contribution in [2.75, 3.05) is 0 Å². The molecule has 3 rings (SSSR count). The van der Waals surface area contributed by atoms with Crippen LogP contribution in [0.3, 0.4) is 0 Å². The Morgan fingerprint density at radius 2 is 2.00 bits per heavy atom. The Kier molecular flexibility index (Phi) is 4.92. The number of fused-ring (bicyclic) bond motifs is 1. The summed E-state index contributed by atoms with van der Waals surface area (Å²) in [6.45, 7) is 1.74. The molecule has 136 valence electrons. The van der Waals surface area contributed by atoms with Crippen molar-refractivity contribution in [2.45, 2.75) is 31.7 Å². The minimum atomic E-state index is -1.02. The van der Waals surface area contributed by atoms with Gasteiger partial charge < -0.3 is 20.7 Å². The summed E-state index contributed by atoms with van der Waals surface area (Å²) >= 11 is 0. The van der Waals surface area contributed by atoms with Gasteiger partial charge in [0.1, 0.15) is 17.8 Å². The van der Waals surface area contributed by atoms with Crippen molar-refractivity contribution in [1.82, 2.24) is 5.32 Å². The van der Waals surface area contributed by atoms with Crippen molar-refractivity contribution in [1.29, 1.82) is 5.41 Å². The molecule has 0 fully saturated rings. The van der Waals surface area contributed by atoms with Crippen LogP contribution in [0.25, 0.3) is 0 Å². The van der Waals surface area contributed by atoms with Crippen molar-refractivity contribution in [2.24, 2.45) is 5.73 Å². The molecule has 0 amide bonds. The van der Waals surface area contributed by atoms with Crippen LogP contribution in [0, 0.1) is 5.41 Å². The van der Waals surface area contributed by atoms with Gasteiger partial charge in [-0.3, -0.25) is 10.7 Å². The van der Waals surface area contributed by atoms with Crippen molar-refractivity contribution in [3.8, 4) is 5.75 Å². The number of aliphatic carboxylic acids is 1.